The van der Waals surface area contributed by atoms with Crippen LogP contribution in [-0.4, -0.2) is 23.4 Å². The van der Waals surface area contributed by atoms with Crippen LogP contribution in [0.25, 0.3) is 0 Å². The van der Waals surface area contributed by atoms with Crippen molar-refractivity contribution in [2.75, 3.05) is 20.0 Å². The van der Waals surface area contributed by atoms with E-state index in [1.807, 2.05) is 19.1 Å². The third-order valence-electron chi connectivity index (χ3n) is 3.16. The summed E-state index contributed by atoms with van der Waals surface area (Å²) >= 11 is 0. The van der Waals surface area contributed by atoms with E-state index in [0.29, 0.717) is 27.8 Å². The fraction of sp³-hybridized carbons (Fsp3) is 0.267. The van der Waals surface area contributed by atoms with Crippen LogP contribution in [0.2, 0.25) is 0 Å². The molecule has 0 saturated heterocycles. The number of hydrogen-bond donors (Lipinski definition) is 1. The Morgan fingerprint density at radius 2 is 2.00 bits per heavy atom. The van der Waals surface area contributed by atoms with Gasteiger partial charge in [-0.05, 0) is 18.6 Å². The fourth-order valence-electron chi connectivity index (χ4n) is 2.01. The standard InChI is InChI=1S/C15H18N2O3S/c1-10-5-4-6-13(14(10)16)21(18)9-11-15(20-3)12(19-2)7-8-17-11/h4-8H,9,16H2,1-3H3. The van der Waals surface area contributed by atoms with Crippen LogP contribution in [-0.2, 0) is 16.6 Å². The van der Waals surface area contributed by atoms with E-state index in [2.05, 4.69) is 4.98 Å². The topological polar surface area (TPSA) is 74.4 Å². The van der Waals surface area contributed by atoms with E-state index in [1.165, 1.54) is 7.11 Å². The van der Waals surface area contributed by atoms with Gasteiger partial charge in [0.1, 0.15) is 0 Å². The summed E-state index contributed by atoms with van der Waals surface area (Å²) in [5.41, 5.74) is 8.04. The van der Waals surface area contributed by atoms with Gasteiger partial charge in [0.2, 0.25) is 0 Å². The Morgan fingerprint density at radius 3 is 2.67 bits per heavy atom. The largest absolute Gasteiger partial charge is 0.493 e. The molecule has 0 radical (unpaired) electrons. The van der Waals surface area contributed by atoms with Gasteiger partial charge in [-0.1, -0.05) is 12.1 Å². The van der Waals surface area contributed by atoms with Gasteiger partial charge in [0.25, 0.3) is 0 Å². The number of rotatable bonds is 5. The van der Waals surface area contributed by atoms with Crippen molar-refractivity contribution in [2.24, 2.45) is 0 Å². The molecule has 1 heterocycles. The van der Waals surface area contributed by atoms with Gasteiger partial charge in [-0.3, -0.25) is 9.19 Å². The number of nitrogens with two attached hydrogens (primary N) is 1. The molecule has 0 spiro atoms. The van der Waals surface area contributed by atoms with E-state index >= 15 is 0 Å². The van der Waals surface area contributed by atoms with Crippen molar-refractivity contribution in [2.45, 2.75) is 17.6 Å². The highest BCUT2D eigenvalue weighted by Crippen LogP contribution is 2.31. The number of benzene rings is 1. The Bertz CT molecular complexity index is 674. The predicted octanol–water partition coefficient (Wildman–Crippen LogP) is 2.30. The Balaban J connectivity index is 2.34. The number of hydrogen-bond acceptors (Lipinski definition) is 5. The zero-order valence-electron chi connectivity index (χ0n) is 12.3. The molecule has 2 aromatic rings. The first-order chi connectivity index (χ1) is 10.1. The second-order valence-corrected chi connectivity index (χ2v) is 5.89. The second kappa shape index (κ2) is 6.58. The van der Waals surface area contributed by atoms with Gasteiger partial charge in [-0.2, -0.15) is 0 Å². The number of anilines is 1. The van der Waals surface area contributed by atoms with Gasteiger partial charge in [-0.15, -0.1) is 0 Å². The molecular weight excluding hydrogens is 288 g/mol. The highest BCUT2D eigenvalue weighted by Gasteiger charge is 2.16. The van der Waals surface area contributed by atoms with E-state index < -0.39 is 10.8 Å². The van der Waals surface area contributed by atoms with Gasteiger partial charge in [0, 0.05) is 12.3 Å². The third-order valence-corrected chi connectivity index (χ3v) is 4.55. The zero-order chi connectivity index (χ0) is 15.4. The predicted molar refractivity (Wildman–Crippen MR) is 83.0 cm³/mol. The number of para-hydroxylation sites is 1. The number of aromatic nitrogens is 1. The molecule has 2 rings (SSSR count). The number of nitrogen functional groups attached to an aromatic ring is 1. The van der Waals surface area contributed by atoms with Crippen LogP contribution in [0.5, 0.6) is 11.5 Å². The Morgan fingerprint density at radius 1 is 1.24 bits per heavy atom. The van der Waals surface area contributed by atoms with Crippen molar-refractivity contribution in [1.29, 1.82) is 0 Å². The van der Waals surface area contributed by atoms with Crippen LogP contribution in [0, 0.1) is 6.92 Å². The normalized spacial score (nSPS) is 12.0. The first-order valence-electron chi connectivity index (χ1n) is 6.37. The first-order valence-corrected chi connectivity index (χ1v) is 7.69. The third kappa shape index (κ3) is 3.16. The average molecular weight is 306 g/mol. The molecule has 0 fully saturated rings. The lowest BCUT2D eigenvalue weighted by Gasteiger charge is -2.12. The minimum Gasteiger partial charge on any atom is -0.493 e. The molecule has 1 atom stereocenters. The summed E-state index contributed by atoms with van der Waals surface area (Å²) in [4.78, 5) is 4.85. The SMILES string of the molecule is COc1ccnc(CS(=O)c2cccc(C)c2N)c1OC. The minimum atomic E-state index is -1.30. The summed E-state index contributed by atoms with van der Waals surface area (Å²) in [6, 6.07) is 7.20. The molecule has 112 valence electrons. The molecule has 2 N–H and O–H groups in total. The molecule has 0 aliphatic rings. The highest BCUT2D eigenvalue weighted by atomic mass is 32.2. The van der Waals surface area contributed by atoms with Crippen molar-refractivity contribution >= 4 is 16.5 Å². The minimum absolute atomic E-state index is 0.216. The zero-order valence-corrected chi connectivity index (χ0v) is 13.1. The van der Waals surface area contributed by atoms with Crippen molar-refractivity contribution in [3.05, 3.63) is 41.7 Å². The molecule has 21 heavy (non-hydrogen) atoms. The van der Waals surface area contributed by atoms with Gasteiger partial charge >= 0.3 is 0 Å². The van der Waals surface area contributed by atoms with Gasteiger partial charge in [0.15, 0.2) is 11.5 Å². The van der Waals surface area contributed by atoms with Gasteiger partial charge in [-0.25, -0.2) is 0 Å². The summed E-state index contributed by atoms with van der Waals surface area (Å²) in [6.45, 7) is 1.89. The molecule has 0 amide bonds. The maximum Gasteiger partial charge on any atom is 0.183 e. The molecule has 1 unspecified atom stereocenters. The van der Waals surface area contributed by atoms with Crippen LogP contribution in [0.4, 0.5) is 5.69 Å². The Kier molecular flexibility index (Phi) is 4.80. The summed E-state index contributed by atoms with van der Waals surface area (Å²) in [6.07, 6.45) is 1.60. The van der Waals surface area contributed by atoms with E-state index in [1.54, 1.807) is 25.4 Å². The Labute approximate surface area is 126 Å². The summed E-state index contributed by atoms with van der Waals surface area (Å²) in [5, 5.41) is 0. The molecular formula is C15H18N2O3S. The lowest BCUT2D eigenvalue weighted by Crippen LogP contribution is -2.05. The molecule has 0 saturated carbocycles. The molecule has 0 aliphatic carbocycles. The van der Waals surface area contributed by atoms with Crippen LogP contribution < -0.4 is 15.2 Å². The second-order valence-electron chi connectivity index (χ2n) is 4.47. The van der Waals surface area contributed by atoms with Crippen LogP contribution in [0.15, 0.2) is 35.4 Å². The molecule has 5 nitrogen and oxygen atoms in total. The van der Waals surface area contributed by atoms with Crippen molar-refractivity contribution in [3.63, 3.8) is 0 Å². The molecule has 6 heteroatoms. The van der Waals surface area contributed by atoms with Crippen LogP contribution in [0.1, 0.15) is 11.3 Å². The van der Waals surface area contributed by atoms with Crippen LogP contribution >= 0.6 is 0 Å². The van der Waals surface area contributed by atoms with E-state index in [9.17, 15) is 4.21 Å². The quantitative estimate of drug-likeness (QED) is 0.858. The number of ether oxygens (including phenoxy) is 2. The monoisotopic (exact) mass is 306 g/mol. The maximum atomic E-state index is 12.5. The summed E-state index contributed by atoms with van der Waals surface area (Å²) in [7, 11) is 1.79. The van der Waals surface area contributed by atoms with E-state index in [0.717, 1.165) is 5.56 Å². The lowest BCUT2D eigenvalue weighted by molar-refractivity contribution is 0.350. The van der Waals surface area contributed by atoms with E-state index in [4.69, 9.17) is 15.2 Å². The fourth-order valence-corrected chi connectivity index (χ4v) is 3.25. The highest BCUT2D eigenvalue weighted by molar-refractivity contribution is 7.84. The number of pyridine rings is 1. The summed E-state index contributed by atoms with van der Waals surface area (Å²) in [5.74, 6) is 1.28. The van der Waals surface area contributed by atoms with E-state index in [-0.39, 0.29) is 5.75 Å². The first kappa shape index (κ1) is 15.3. The number of aryl methyl sites for hydroxylation is 1. The molecule has 1 aromatic carbocycles. The average Bonchev–Trinajstić information content (AvgIpc) is 2.49. The molecule has 0 bridgehead atoms. The van der Waals surface area contributed by atoms with Crippen molar-refractivity contribution in [3.8, 4) is 11.5 Å². The van der Waals surface area contributed by atoms with Crippen molar-refractivity contribution in [1.82, 2.24) is 4.98 Å². The number of methoxy groups -OCH3 is 2. The summed E-state index contributed by atoms with van der Waals surface area (Å²) < 4.78 is 23.1. The smallest absolute Gasteiger partial charge is 0.183 e. The van der Waals surface area contributed by atoms with Crippen molar-refractivity contribution < 1.29 is 13.7 Å². The Hall–Kier alpha value is -2.08. The lowest BCUT2D eigenvalue weighted by atomic mass is 10.2. The molecule has 0 aliphatic heterocycles. The van der Waals surface area contributed by atoms with Gasteiger partial charge in [0.05, 0.1) is 47.0 Å². The van der Waals surface area contributed by atoms with Crippen LogP contribution in [0.3, 0.4) is 0 Å². The number of nitrogens with zero attached hydrogens (tertiary/aromatic N) is 1. The molecule has 1 aromatic heterocycles. The van der Waals surface area contributed by atoms with Gasteiger partial charge < -0.3 is 15.2 Å². The maximum absolute atomic E-state index is 12.5.